The molecule has 0 fully saturated rings. The summed E-state index contributed by atoms with van der Waals surface area (Å²) in [5.41, 5.74) is 2.45. The van der Waals surface area contributed by atoms with Gasteiger partial charge in [-0.05, 0) is 29.7 Å². The first-order valence-electron chi connectivity index (χ1n) is 9.69. The number of halogens is 1. The highest BCUT2D eigenvalue weighted by molar-refractivity contribution is 6.03. The molecule has 1 aliphatic heterocycles. The Bertz CT molecular complexity index is 883. The van der Waals surface area contributed by atoms with Gasteiger partial charge in [0.2, 0.25) is 0 Å². The van der Waals surface area contributed by atoms with Gasteiger partial charge in [-0.3, -0.25) is 4.79 Å². The maximum absolute atomic E-state index is 13.3. The van der Waals surface area contributed by atoms with Gasteiger partial charge in [0.05, 0.1) is 11.8 Å². The molecule has 0 unspecified atom stereocenters. The van der Waals surface area contributed by atoms with Crippen molar-refractivity contribution in [2.75, 3.05) is 20.1 Å². The largest absolute Gasteiger partial charge is 0.338 e. The molecule has 3 amide bonds. The quantitative estimate of drug-likeness (QED) is 0.812. The van der Waals surface area contributed by atoms with E-state index >= 15 is 0 Å². The molecule has 0 aliphatic carbocycles. The van der Waals surface area contributed by atoms with Crippen molar-refractivity contribution in [1.82, 2.24) is 15.2 Å². The van der Waals surface area contributed by atoms with Crippen LogP contribution in [0.1, 0.15) is 36.9 Å². The number of hydrogen-bond acceptors (Lipinski definition) is 3. The third-order valence-corrected chi connectivity index (χ3v) is 4.77. The monoisotopic (exact) mass is 396 g/mol. The predicted octanol–water partition coefficient (Wildman–Crippen LogP) is 3.55. The second-order valence-electron chi connectivity index (χ2n) is 7.01. The van der Waals surface area contributed by atoms with Crippen LogP contribution >= 0.6 is 0 Å². The normalized spacial score (nSPS) is 15.8. The van der Waals surface area contributed by atoms with Crippen LogP contribution in [0.2, 0.25) is 0 Å². The Kier molecular flexibility index (Phi) is 6.59. The van der Waals surface area contributed by atoms with E-state index in [0.717, 1.165) is 17.5 Å². The average Bonchev–Trinajstić information content (AvgIpc) is 3.18. The van der Waals surface area contributed by atoms with Gasteiger partial charge in [-0.25, -0.2) is 14.2 Å². The highest BCUT2D eigenvalue weighted by Crippen LogP contribution is 2.32. The number of nitrogens with one attached hydrogen (secondary N) is 1. The molecule has 29 heavy (non-hydrogen) atoms. The van der Waals surface area contributed by atoms with E-state index in [1.54, 1.807) is 19.2 Å². The summed E-state index contributed by atoms with van der Waals surface area (Å²) < 4.78 is 13.3. The number of hydrazone groups is 1. The molecule has 1 aliphatic rings. The Morgan fingerprint density at radius 2 is 1.86 bits per heavy atom. The predicted molar refractivity (Wildman–Crippen MR) is 110 cm³/mol. The molecule has 6 nitrogen and oxygen atoms in total. The summed E-state index contributed by atoms with van der Waals surface area (Å²) in [5, 5.41) is 8.74. The molecular weight excluding hydrogens is 371 g/mol. The standard InChI is InChI=1S/C22H25FN4O2/c1-3-13-24-22(29)26(2)15-21(28)27-20(17-7-5-4-6-8-17)14-19(25-27)16-9-11-18(23)12-10-16/h4-12,20H,3,13-15H2,1-2H3,(H,24,29)/t20-/m1/s1. The minimum atomic E-state index is -0.320. The topological polar surface area (TPSA) is 65.0 Å². The van der Waals surface area contributed by atoms with Crippen molar-refractivity contribution in [3.05, 3.63) is 71.5 Å². The van der Waals surface area contributed by atoms with Crippen molar-refractivity contribution in [3.63, 3.8) is 0 Å². The van der Waals surface area contributed by atoms with Crippen LogP contribution in [0.5, 0.6) is 0 Å². The Hall–Kier alpha value is -3.22. The number of hydrogen-bond donors (Lipinski definition) is 1. The van der Waals surface area contributed by atoms with Crippen LogP contribution in [0, 0.1) is 5.82 Å². The molecule has 3 rings (SSSR count). The van der Waals surface area contributed by atoms with Crippen LogP contribution in [0.25, 0.3) is 0 Å². The zero-order valence-corrected chi connectivity index (χ0v) is 16.6. The number of amides is 3. The van der Waals surface area contributed by atoms with E-state index in [4.69, 9.17) is 0 Å². The first kappa shape index (κ1) is 20.5. The number of benzene rings is 2. The van der Waals surface area contributed by atoms with Crippen LogP contribution in [-0.2, 0) is 4.79 Å². The van der Waals surface area contributed by atoms with E-state index < -0.39 is 0 Å². The zero-order chi connectivity index (χ0) is 20.8. The molecule has 1 N–H and O–H groups in total. The van der Waals surface area contributed by atoms with Crippen LogP contribution in [-0.4, -0.2) is 47.7 Å². The Labute approximate surface area is 170 Å². The lowest BCUT2D eigenvalue weighted by atomic mass is 9.98. The molecule has 7 heteroatoms. The van der Waals surface area contributed by atoms with Gasteiger partial charge in [0.1, 0.15) is 12.4 Å². The molecule has 0 bridgehead atoms. The molecule has 152 valence electrons. The van der Waals surface area contributed by atoms with E-state index in [9.17, 15) is 14.0 Å². The Morgan fingerprint density at radius 3 is 2.52 bits per heavy atom. The third-order valence-electron chi connectivity index (χ3n) is 4.77. The van der Waals surface area contributed by atoms with Crippen molar-refractivity contribution < 1.29 is 14.0 Å². The summed E-state index contributed by atoms with van der Waals surface area (Å²) in [7, 11) is 1.58. The summed E-state index contributed by atoms with van der Waals surface area (Å²) in [4.78, 5) is 26.4. The number of urea groups is 1. The van der Waals surface area contributed by atoms with Crippen molar-refractivity contribution in [2.24, 2.45) is 5.10 Å². The fourth-order valence-corrected chi connectivity index (χ4v) is 3.21. The average molecular weight is 396 g/mol. The molecule has 0 spiro atoms. The van der Waals surface area contributed by atoms with Gasteiger partial charge in [-0.15, -0.1) is 0 Å². The highest BCUT2D eigenvalue weighted by atomic mass is 19.1. The third kappa shape index (κ3) is 4.99. The van der Waals surface area contributed by atoms with Crippen molar-refractivity contribution in [3.8, 4) is 0 Å². The van der Waals surface area contributed by atoms with Crippen molar-refractivity contribution in [1.29, 1.82) is 0 Å². The van der Waals surface area contributed by atoms with Crippen molar-refractivity contribution in [2.45, 2.75) is 25.8 Å². The molecule has 0 saturated heterocycles. The lowest BCUT2D eigenvalue weighted by Crippen LogP contribution is -2.43. The molecule has 0 radical (unpaired) electrons. The fraction of sp³-hybridized carbons (Fsp3) is 0.318. The Balaban J connectivity index is 1.81. The first-order chi connectivity index (χ1) is 14.0. The van der Waals surface area contributed by atoms with Gasteiger partial charge in [-0.1, -0.05) is 49.4 Å². The minimum Gasteiger partial charge on any atom is -0.338 e. The van der Waals surface area contributed by atoms with E-state index in [2.05, 4.69) is 10.4 Å². The van der Waals surface area contributed by atoms with Crippen molar-refractivity contribution >= 4 is 17.6 Å². The SMILES string of the molecule is CCCNC(=O)N(C)CC(=O)N1N=C(c2ccc(F)cc2)C[C@@H]1c1ccccc1. The van der Waals surface area contributed by atoms with Gasteiger partial charge >= 0.3 is 6.03 Å². The second kappa shape index (κ2) is 9.32. The maximum Gasteiger partial charge on any atom is 0.317 e. The van der Waals surface area contributed by atoms with Gasteiger partial charge in [0.25, 0.3) is 5.91 Å². The summed E-state index contributed by atoms with van der Waals surface area (Å²) in [5.74, 6) is -0.593. The van der Waals surface area contributed by atoms with E-state index in [0.29, 0.717) is 18.7 Å². The maximum atomic E-state index is 13.3. The van der Waals surface area contributed by atoms with Crippen LogP contribution in [0.3, 0.4) is 0 Å². The van der Waals surface area contributed by atoms with E-state index in [1.165, 1.54) is 22.0 Å². The lowest BCUT2D eigenvalue weighted by molar-refractivity contribution is -0.133. The second-order valence-corrected chi connectivity index (χ2v) is 7.01. The lowest BCUT2D eigenvalue weighted by Gasteiger charge is -2.25. The van der Waals surface area contributed by atoms with Gasteiger partial charge in [-0.2, -0.15) is 5.10 Å². The number of nitrogens with zero attached hydrogens (tertiary/aromatic N) is 3. The number of carbonyl (C=O) groups is 2. The number of carbonyl (C=O) groups excluding carboxylic acids is 2. The van der Waals surface area contributed by atoms with Crippen LogP contribution in [0.15, 0.2) is 59.7 Å². The van der Waals surface area contributed by atoms with E-state index in [-0.39, 0.29) is 30.3 Å². The summed E-state index contributed by atoms with van der Waals surface area (Å²) in [6.45, 7) is 2.44. The molecule has 2 aromatic carbocycles. The van der Waals surface area contributed by atoms with Gasteiger partial charge in [0, 0.05) is 20.0 Å². The summed E-state index contributed by atoms with van der Waals surface area (Å²) in [6.07, 6.45) is 1.34. The van der Waals surface area contributed by atoms with Crippen LogP contribution < -0.4 is 5.32 Å². The first-order valence-corrected chi connectivity index (χ1v) is 9.69. The smallest absolute Gasteiger partial charge is 0.317 e. The molecular formula is C22H25FN4O2. The number of rotatable bonds is 6. The fourth-order valence-electron chi connectivity index (χ4n) is 3.21. The summed E-state index contributed by atoms with van der Waals surface area (Å²) in [6, 6.07) is 15.2. The number of likely N-dealkylation sites (N-methyl/N-ethyl adjacent to an activating group) is 1. The highest BCUT2D eigenvalue weighted by Gasteiger charge is 2.33. The van der Waals surface area contributed by atoms with Gasteiger partial charge < -0.3 is 10.2 Å². The molecule has 0 aromatic heterocycles. The molecule has 0 saturated carbocycles. The van der Waals surface area contributed by atoms with Crippen LogP contribution in [0.4, 0.5) is 9.18 Å². The molecule has 2 aromatic rings. The van der Waals surface area contributed by atoms with E-state index in [1.807, 2.05) is 37.3 Å². The molecule has 1 heterocycles. The zero-order valence-electron chi connectivity index (χ0n) is 16.6. The van der Waals surface area contributed by atoms with Gasteiger partial charge in [0.15, 0.2) is 0 Å². The molecule has 1 atom stereocenters. The minimum absolute atomic E-state index is 0.0842. The Morgan fingerprint density at radius 1 is 1.17 bits per heavy atom. The summed E-state index contributed by atoms with van der Waals surface area (Å²) >= 11 is 0.